The molecule has 0 aliphatic carbocycles. The molecule has 1 fully saturated rings. The number of nitrogens with zero attached hydrogens (tertiary/aromatic N) is 2. The molecule has 1 aromatic rings. The van der Waals surface area contributed by atoms with E-state index in [1.54, 1.807) is 6.92 Å². The third kappa shape index (κ3) is 2.35. The van der Waals surface area contributed by atoms with Gasteiger partial charge in [0.1, 0.15) is 17.5 Å². The number of benzene rings is 1. The molecular weight excluding hydrogens is 255 g/mol. The van der Waals surface area contributed by atoms with Crippen LogP contribution in [0.2, 0.25) is 0 Å². The fourth-order valence-electron chi connectivity index (χ4n) is 2.47. The van der Waals surface area contributed by atoms with Crippen LogP contribution in [0.3, 0.4) is 0 Å². The lowest BCUT2D eigenvalue weighted by molar-refractivity contribution is -0.384. The molecule has 1 aromatic carbocycles. The molecule has 0 spiro atoms. The van der Waals surface area contributed by atoms with E-state index in [0.29, 0.717) is 13.0 Å². The second-order valence-corrected chi connectivity index (χ2v) is 4.63. The average molecular weight is 268 g/mol. The average Bonchev–Trinajstić information content (AvgIpc) is 2.70. The molecule has 2 unspecified atom stereocenters. The first kappa shape index (κ1) is 13.3. The van der Waals surface area contributed by atoms with Gasteiger partial charge in [-0.3, -0.25) is 10.1 Å². The number of halogens is 1. The maximum absolute atomic E-state index is 13.3. The fraction of sp³-hybridized carbons (Fsp3) is 0.417. The van der Waals surface area contributed by atoms with Gasteiger partial charge in [-0.15, -0.1) is 0 Å². The Kier molecular flexibility index (Phi) is 3.37. The zero-order chi connectivity index (χ0) is 14.2. The van der Waals surface area contributed by atoms with Gasteiger partial charge in [-0.2, -0.15) is 0 Å². The Labute approximate surface area is 108 Å². The molecule has 19 heavy (non-hydrogen) atoms. The van der Waals surface area contributed by atoms with Crippen molar-refractivity contribution >= 4 is 17.3 Å². The van der Waals surface area contributed by atoms with Crippen molar-refractivity contribution in [1.29, 1.82) is 0 Å². The van der Waals surface area contributed by atoms with Crippen LogP contribution in [0.15, 0.2) is 18.2 Å². The van der Waals surface area contributed by atoms with Gasteiger partial charge in [-0.25, -0.2) is 9.18 Å². The van der Waals surface area contributed by atoms with Crippen molar-refractivity contribution < 1.29 is 19.2 Å². The van der Waals surface area contributed by atoms with Crippen LogP contribution in [0.25, 0.3) is 0 Å². The van der Waals surface area contributed by atoms with E-state index in [4.69, 9.17) is 0 Å². The van der Waals surface area contributed by atoms with Gasteiger partial charge in [0, 0.05) is 18.7 Å². The summed E-state index contributed by atoms with van der Waals surface area (Å²) in [6, 6.07) is 2.22. The first-order chi connectivity index (χ1) is 8.91. The molecule has 102 valence electrons. The van der Waals surface area contributed by atoms with E-state index in [2.05, 4.69) is 0 Å². The number of nitro groups is 1. The topological polar surface area (TPSA) is 83.7 Å². The number of nitro benzene ring substituents is 1. The van der Waals surface area contributed by atoms with Gasteiger partial charge in [-0.05, 0) is 18.4 Å². The molecule has 1 heterocycles. The Morgan fingerprint density at radius 1 is 1.58 bits per heavy atom. The number of rotatable bonds is 3. The quantitative estimate of drug-likeness (QED) is 0.669. The van der Waals surface area contributed by atoms with Crippen LogP contribution in [0, 0.1) is 21.8 Å². The Hall–Kier alpha value is -2.18. The molecule has 0 saturated carbocycles. The van der Waals surface area contributed by atoms with Gasteiger partial charge in [0.15, 0.2) is 0 Å². The van der Waals surface area contributed by atoms with Crippen LogP contribution in [-0.2, 0) is 4.79 Å². The van der Waals surface area contributed by atoms with Crippen LogP contribution in [0.4, 0.5) is 15.8 Å². The molecule has 7 heteroatoms. The smallest absolute Gasteiger partial charge is 0.326 e. The molecule has 0 amide bonds. The molecule has 6 nitrogen and oxygen atoms in total. The Morgan fingerprint density at radius 2 is 2.26 bits per heavy atom. The molecule has 2 rings (SSSR count). The lowest BCUT2D eigenvalue weighted by atomic mass is 10.0. The third-order valence-electron chi connectivity index (χ3n) is 3.40. The number of carboxylic acids is 1. The number of aliphatic carboxylic acids is 1. The van der Waals surface area contributed by atoms with Crippen molar-refractivity contribution in [3.05, 3.63) is 34.1 Å². The van der Waals surface area contributed by atoms with E-state index >= 15 is 0 Å². The minimum Gasteiger partial charge on any atom is -0.480 e. The second kappa shape index (κ2) is 4.83. The molecule has 0 aromatic heterocycles. The van der Waals surface area contributed by atoms with Crippen LogP contribution in [0.1, 0.15) is 13.3 Å². The van der Waals surface area contributed by atoms with Gasteiger partial charge in [0.05, 0.1) is 4.92 Å². The van der Waals surface area contributed by atoms with Gasteiger partial charge in [-0.1, -0.05) is 6.92 Å². The summed E-state index contributed by atoms with van der Waals surface area (Å²) in [6.07, 6.45) is 0.602. The predicted molar refractivity (Wildman–Crippen MR) is 65.6 cm³/mol. The van der Waals surface area contributed by atoms with Crippen molar-refractivity contribution in [3.63, 3.8) is 0 Å². The maximum Gasteiger partial charge on any atom is 0.326 e. The monoisotopic (exact) mass is 268 g/mol. The third-order valence-corrected chi connectivity index (χ3v) is 3.40. The molecule has 0 radical (unpaired) electrons. The van der Waals surface area contributed by atoms with Crippen molar-refractivity contribution in [2.75, 3.05) is 11.4 Å². The lowest BCUT2D eigenvalue weighted by Crippen LogP contribution is -2.39. The van der Waals surface area contributed by atoms with Gasteiger partial charge in [0.2, 0.25) is 0 Å². The second-order valence-electron chi connectivity index (χ2n) is 4.63. The van der Waals surface area contributed by atoms with E-state index in [1.807, 2.05) is 0 Å². The summed E-state index contributed by atoms with van der Waals surface area (Å²) in [6.45, 7) is 2.13. The van der Waals surface area contributed by atoms with E-state index < -0.39 is 22.8 Å². The molecule has 1 aliphatic rings. The van der Waals surface area contributed by atoms with Crippen molar-refractivity contribution in [1.82, 2.24) is 0 Å². The van der Waals surface area contributed by atoms with Crippen molar-refractivity contribution in [2.45, 2.75) is 19.4 Å². The Bertz CT molecular complexity index is 534. The fourth-order valence-corrected chi connectivity index (χ4v) is 2.47. The van der Waals surface area contributed by atoms with Crippen LogP contribution >= 0.6 is 0 Å². The first-order valence-corrected chi connectivity index (χ1v) is 5.85. The number of hydrogen-bond donors (Lipinski definition) is 1. The molecule has 0 bridgehead atoms. The summed E-state index contributed by atoms with van der Waals surface area (Å²) in [4.78, 5) is 23.0. The standard InChI is InChI=1S/C12H13FN2O4/c1-7-4-5-14(11(7)12(16)17)10-6-8(13)2-3-9(10)15(18)19/h2-3,6-7,11H,4-5H2,1H3,(H,16,17). The molecule has 1 aliphatic heterocycles. The number of carbonyl (C=O) groups is 1. The normalized spacial score (nSPS) is 22.5. The number of carboxylic acid groups (broad SMARTS) is 1. The summed E-state index contributed by atoms with van der Waals surface area (Å²) in [5, 5.41) is 20.2. The predicted octanol–water partition coefficient (Wildman–Crippen LogP) is 2.03. The molecule has 2 atom stereocenters. The largest absolute Gasteiger partial charge is 0.480 e. The van der Waals surface area contributed by atoms with Crippen molar-refractivity contribution in [2.24, 2.45) is 5.92 Å². The number of hydrogen-bond acceptors (Lipinski definition) is 4. The Balaban J connectivity index is 2.48. The van der Waals surface area contributed by atoms with E-state index in [-0.39, 0.29) is 17.3 Å². The molecule has 1 N–H and O–H groups in total. The summed E-state index contributed by atoms with van der Waals surface area (Å²) in [5.74, 6) is -1.81. The summed E-state index contributed by atoms with van der Waals surface area (Å²) >= 11 is 0. The van der Waals surface area contributed by atoms with E-state index in [1.165, 1.54) is 4.90 Å². The summed E-state index contributed by atoms with van der Waals surface area (Å²) in [5.41, 5.74) is -0.247. The minimum absolute atomic E-state index is 0.0294. The van der Waals surface area contributed by atoms with Gasteiger partial charge < -0.3 is 10.0 Å². The zero-order valence-electron chi connectivity index (χ0n) is 10.2. The zero-order valence-corrected chi connectivity index (χ0v) is 10.2. The van der Waals surface area contributed by atoms with Gasteiger partial charge >= 0.3 is 5.97 Å². The Morgan fingerprint density at radius 3 is 2.84 bits per heavy atom. The highest BCUT2D eigenvalue weighted by molar-refractivity contribution is 5.81. The van der Waals surface area contributed by atoms with Gasteiger partial charge in [0.25, 0.3) is 5.69 Å². The molecule has 1 saturated heterocycles. The summed E-state index contributed by atoms with van der Waals surface area (Å²) < 4.78 is 13.3. The first-order valence-electron chi connectivity index (χ1n) is 5.85. The van der Waals surface area contributed by atoms with Crippen LogP contribution in [-0.4, -0.2) is 28.6 Å². The number of anilines is 1. The highest BCUT2D eigenvalue weighted by atomic mass is 19.1. The highest BCUT2D eigenvalue weighted by Crippen LogP contribution is 2.36. The van der Waals surface area contributed by atoms with Crippen LogP contribution in [0.5, 0.6) is 0 Å². The maximum atomic E-state index is 13.3. The SMILES string of the molecule is CC1CCN(c2cc(F)ccc2[N+](=O)[O-])C1C(=O)O. The molecular formula is C12H13FN2O4. The van der Waals surface area contributed by atoms with Crippen LogP contribution < -0.4 is 4.90 Å². The highest BCUT2D eigenvalue weighted by Gasteiger charge is 2.39. The lowest BCUT2D eigenvalue weighted by Gasteiger charge is -2.25. The van der Waals surface area contributed by atoms with E-state index in [9.17, 15) is 24.4 Å². The summed E-state index contributed by atoms with van der Waals surface area (Å²) in [7, 11) is 0. The minimum atomic E-state index is -1.05. The van der Waals surface area contributed by atoms with E-state index in [0.717, 1.165) is 18.2 Å². The van der Waals surface area contributed by atoms with Crippen molar-refractivity contribution in [3.8, 4) is 0 Å².